The molecule has 3 aromatic rings. The number of carbonyl (C=O) groups is 1. The molecule has 2 aromatic heterocycles. The van der Waals surface area contributed by atoms with Crippen LogP contribution in [0.25, 0.3) is 22.4 Å². The SMILES string of the molecule is Cc1cccc(-c2nc(SCC(=O)NC[C@H]3CCCO3)c3c(=O)n(C)c(=O)n(C)c3n2)c1. The lowest BCUT2D eigenvalue weighted by molar-refractivity contribution is -0.119. The molecule has 3 heterocycles. The zero-order valence-corrected chi connectivity index (χ0v) is 19.1. The molecular formula is C22H25N5O4S. The molecule has 1 aromatic carbocycles. The second-order valence-corrected chi connectivity index (χ2v) is 8.82. The second kappa shape index (κ2) is 9.25. The van der Waals surface area contributed by atoms with Crippen molar-refractivity contribution in [2.45, 2.75) is 30.9 Å². The van der Waals surface area contributed by atoms with Crippen molar-refractivity contribution < 1.29 is 9.53 Å². The van der Waals surface area contributed by atoms with Gasteiger partial charge in [0.05, 0.1) is 11.9 Å². The number of amides is 1. The number of fused-ring (bicyclic) bond motifs is 1. The normalized spacial score (nSPS) is 15.9. The van der Waals surface area contributed by atoms with Gasteiger partial charge in [-0.25, -0.2) is 14.8 Å². The number of rotatable bonds is 6. The zero-order chi connectivity index (χ0) is 22.8. The maximum absolute atomic E-state index is 12.9. The van der Waals surface area contributed by atoms with Crippen LogP contribution >= 0.6 is 11.8 Å². The van der Waals surface area contributed by atoms with Crippen LogP contribution in [0.4, 0.5) is 0 Å². The number of aromatic nitrogens is 4. The molecule has 168 valence electrons. The minimum absolute atomic E-state index is 0.0542. The maximum Gasteiger partial charge on any atom is 0.332 e. The molecule has 1 aliphatic rings. The van der Waals surface area contributed by atoms with Crippen LogP contribution in [0.3, 0.4) is 0 Å². The average Bonchev–Trinajstić information content (AvgIpc) is 3.31. The van der Waals surface area contributed by atoms with E-state index in [-0.39, 0.29) is 28.8 Å². The number of hydrogen-bond donors (Lipinski definition) is 1. The Morgan fingerprint density at radius 1 is 1.25 bits per heavy atom. The van der Waals surface area contributed by atoms with E-state index < -0.39 is 11.2 Å². The Balaban J connectivity index is 1.71. The smallest absolute Gasteiger partial charge is 0.332 e. The summed E-state index contributed by atoms with van der Waals surface area (Å²) in [6.45, 7) is 3.16. The number of aryl methyl sites for hydroxylation is 2. The summed E-state index contributed by atoms with van der Waals surface area (Å²) in [6, 6.07) is 7.66. The lowest BCUT2D eigenvalue weighted by Crippen LogP contribution is -2.38. The highest BCUT2D eigenvalue weighted by Crippen LogP contribution is 2.26. The molecule has 0 aliphatic carbocycles. The van der Waals surface area contributed by atoms with E-state index in [1.165, 1.54) is 11.6 Å². The van der Waals surface area contributed by atoms with E-state index >= 15 is 0 Å². The highest BCUT2D eigenvalue weighted by atomic mass is 32.2. The quantitative estimate of drug-likeness (QED) is 0.442. The zero-order valence-electron chi connectivity index (χ0n) is 18.3. The number of carbonyl (C=O) groups excluding carboxylic acids is 1. The van der Waals surface area contributed by atoms with Gasteiger partial charge in [-0.3, -0.25) is 18.7 Å². The van der Waals surface area contributed by atoms with Crippen LogP contribution in [0.1, 0.15) is 18.4 Å². The third-order valence-electron chi connectivity index (χ3n) is 5.43. The highest BCUT2D eigenvalue weighted by molar-refractivity contribution is 8.00. The summed E-state index contributed by atoms with van der Waals surface area (Å²) in [7, 11) is 2.99. The second-order valence-electron chi connectivity index (χ2n) is 7.85. The predicted octanol–water partition coefficient (Wildman–Crippen LogP) is 1.39. The van der Waals surface area contributed by atoms with Crippen LogP contribution in [0, 0.1) is 6.92 Å². The van der Waals surface area contributed by atoms with Gasteiger partial charge in [0, 0.05) is 32.8 Å². The minimum Gasteiger partial charge on any atom is -0.376 e. The summed E-state index contributed by atoms with van der Waals surface area (Å²) < 4.78 is 7.89. The molecular weight excluding hydrogens is 430 g/mol. The molecule has 1 N–H and O–H groups in total. The highest BCUT2D eigenvalue weighted by Gasteiger charge is 2.20. The van der Waals surface area contributed by atoms with Crippen LogP contribution in [0.2, 0.25) is 0 Å². The summed E-state index contributed by atoms with van der Waals surface area (Å²) in [5.41, 5.74) is 1.09. The van der Waals surface area contributed by atoms with Crippen molar-refractivity contribution >= 4 is 28.7 Å². The molecule has 4 rings (SSSR count). The first-order valence-corrected chi connectivity index (χ1v) is 11.4. The number of hydrogen-bond acceptors (Lipinski definition) is 7. The first-order valence-electron chi connectivity index (χ1n) is 10.4. The van der Waals surface area contributed by atoms with Gasteiger partial charge in [-0.05, 0) is 25.8 Å². The van der Waals surface area contributed by atoms with Crippen LogP contribution in [0.15, 0.2) is 38.9 Å². The van der Waals surface area contributed by atoms with Gasteiger partial charge in [0.1, 0.15) is 10.4 Å². The van der Waals surface area contributed by atoms with Crippen LogP contribution in [-0.4, -0.2) is 50.0 Å². The van der Waals surface area contributed by atoms with Crippen LogP contribution in [-0.2, 0) is 23.6 Å². The Kier molecular flexibility index (Phi) is 6.43. The minimum atomic E-state index is -0.485. The van der Waals surface area contributed by atoms with Gasteiger partial charge in [-0.15, -0.1) is 0 Å². The molecule has 0 bridgehead atoms. The summed E-state index contributed by atoms with van der Waals surface area (Å²) >= 11 is 1.16. The van der Waals surface area contributed by atoms with E-state index in [2.05, 4.69) is 15.3 Å². The fourth-order valence-electron chi connectivity index (χ4n) is 3.66. The molecule has 1 saturated heterocycles. The fraction of sp³-hybridized carbons (Fsp3) is 0.409. The van der Waals surface area contributed by atoms with Crippen LogP contribution < -0.4 is 16.6 Å². The predicted molar refractivity (Wildman–Crippen MR) is 123 cm³/mol. The molecule has 1 atom stereocenters. The summed E-state index contributed by atoms with van der Waals surface area (Å²) in [5, 5.41) is 3.47. The van der Waals surface area contributed by atoms with Gasteiger partial charge in [-0.2, -0.15) is 0 Å². The van der Waals surface area contributed by atoms with Crippen LogP contribution in [0.5, 0.6) is 0 Å². The first kappa shape index (κ1) is 22.2. The molecule has 1 fully saturated rings. The van der Waals surface area contributed by atoms with Crippen molar-refractivity contribution in [1.29, 1.82) is 0 Å². The fourth-order valence-corrected chi connectivity index (χ4v) is 4.51. The van der Waals surface area contributed by atoms with Crippen molar-refractivity contribution in [3.05, 3.63) is 50.7 Å². The van der Waals surface area contributed by atoms with E-state index in [1.807, 2.05) is 31.2 Å². The molecule has 1 amide bonds. The number of nitrogens with zero attached hydrogens (tertiary/aromatic N) is 4. The van der Waals surface area contributed by atoms with Gasteiger partial charge < -0.3 is 10.1 Å². The average molecular weight is 456 g/mol. The Bertz CT molecular complexity index is 1290. The lowest BCUT2D eigenvalue weighted by Gasteiger charge is -2.13. The van der Waals surface area contributed by atoms with E-state index in [4.69, 9.17) is 4.74 Å². The van der Waals surface area contributed by atoms with Gasteiger partial charge in [0.25, 0.3) is 5.56 Å². The number of ether oxygens (including phenoxy) is 1. The Hall–Kier alpha value is -2.98. The lowest BCUT2D eigenvalue weighted by atomic mass is 10.1. The van der Waals surface area contributed by atoms with E-state index in [0.29, 0.717) is 17.4 Å². The monoisotopic (exact) mass is 455 g/mol. The Morgan fingerprint density at radius 2 is 2.06 bits per heavy atom. The van der Waals surface area contributed by atoms with Gasteiger partial charge >= 0.3 is 5.69 Å². The van der Waals surface area contributed by atoms with E-state index in [0.717, 1.165) is 46.9 Å². The molecule has 0 saturated carbocycles. The molecule has 0 unspecified atom stereocenters. The third kappa shape index (κ3) is 4.46. The Morgan fingerprint density at radius 3 is 2.78 bits per heavy atom. The molecule has 9 nitrogen and oxygen atoms in total. The topological polar surface area (TPSA) is 108 Å². The molecule has 1 aliphatic heterocycles. The molecule has 32 heavy (non-hydrogen) atoms. The van der Waals surface area contributed by atoms with Gasteiger partial charge in [0.2, 0.25) is 5.91 Å². The molecule has 0 radical (unpaired) electrons. The third-order valence-corrected chi connectivity index (χ3v) is 6.41. The number of thioether (sulfide) groups is 1. The van der Waals surface area contributed by atoms with Crippen molar-refractivity contribution in [3.8, 4) is 11.4 Å². The first-order chi connectivity index (χ1) is 15.3. The molecule has 0 spiro atoms. The summed E-state index contributed by atoms with van der Waals surface area (Å²) in [5.74, 6) is 0.306. The van der Waals surface area contributed by atoms with E-state index in [1.54, 1.807) is 7.05 Å². The van der Waals surface area contributed by atoms with Crippen molar-refractivity contribution in [3.63, 3.8) is 0 Å². The number of benzene rings is 1. The maximum atomic E-state index is 12.9. The standard InChI is InChI=1S/C22H25N5O4S/c1-13-6-4-7-14(10-13)18-24-19-17(21(29)27(3)22(30)26(19)2)20(25-18)32-12-16(28)23-11-15-8-5-9-31-15/h4,6-7,10,15H,5,8-9,11-12H2,1-3H3,(H,23,28)/t15-/m1/s1. The summed E-state index contributed by atoms with van der Waals surface area (Å²) in [6.07, 6.45) is 2.00. The van der Waals surface area contributed by atoms with E-state index in [9.17, 15) is 14.4 Å². The van der Waals surface area contributed by atoms with Gasteiger partial charge in [0.15, 0.2) is 11.5 Å². The Labute approximate surface area is 188 Å². The van der Waals surface area contributed by atoms with Gasteiger partial charge in [-0.1, -0.05) is 35.5 Å². The largest absolute Gasteiger partial charge is 0.376 e. The summed E-state index contributed by atoms with van der Waals surface area (Å²) in [4.78, 5) is 46.9. The van der Waals surface area contributed by atoms with Crippen molar-refractivity contribution in [1.82, 2.24) is 24.4 Å². The molecule has 10 heteroatoms. The van der Waals surface area contributed by atoms with Crippen molar-refractivity contribution in [2.24, 2.45) is 14.1 Å². The van der Waals surface area contributed by atoms with Crippen molar-refractivity contribution in [2.75, 3.05) is 18.9 Å². The number of nitrogens with one attached hydrogen (secondary N) is 1.